The van der Waals surface area contributed by atoms with E-state index in [0.717, 1.165) is 0 Å². The molecule has 1 N–H and O–H groups in total. The molecule has 0 radical (unpaired) electrons. The molecule has 2 atom stereocenters. The van der Waals surface area contributed by atoms with E-state index in [1.807, 2.05) is 0 Å². The van der Waals surface area contributed by atoms with Crippen molar-refractivity contribution in [2.75, 3.05) is 6.54 Å². The average molecular weight is 298 g/mol. The van der Waals surface area contributed by atoms with Gasteiger partial charge in [0.1, 0.15) is 6.04 Å². The van der Waals surface area contributed by atoms with Crippen LogP contribution in [-0.4, -0.2) is 44.9 Å². The summed E-state index contributed by atoms with van der Waals surface area (Å²) in [5.74, 6) is -0.274. The Bertz CT molecular complexity index is 873. The fourth-order valence-corrected chi connectivity index (χ4v) is 3.22. The van der Waals surface area contributed by atoms with Crippen molar-refractivity contribution < 1.29 is 9.59 Å². The second-order valence-electron chi connectivity index (χ2n) is 5.81. The summed E-state index contributed by atoms with van der Waals surface area (Å²) in [4.78, 5) is 42.1. The summed E-state index contributed by atoms with van der Waals surface area (Å²) in [5, 5.41) is 3.32. The van der Waals surface area contributed by atoms with Crippen LogP contribution < -0.4 is 10.9 Å². The highest BCUT2D eigenvalue weighted by atomic mass is 16.2. The SMILES string of the molecule is Cn1cnc2cc(C(=O)N3C[C@@H]4C[C@H]3C(=O)N4)ccc2c1=O. The lowest BCUT2D eigenvalue weighted by Crippen LogP contribution is -2.50. The molecule has 2 saturated heterocycles. The molecule has 2 aliphatic rings. The minimum Gasteiger partial charge on any atom is -0.350 e. The van der Waals surface area contributed by atoms with Gasteiger partial charge in [-0.25, -0.2) is 4.98 Å². The largest absolute Gasteiger partial charge is 0.350 e. The highest BCUT2D eigenvalue weighted by molar-refractivity contribution is 6.01. The van der Waals surface area contributed by atoms with Crippen LogP contribution >= 0.6 is 0 Å². The first kappa shape index (κ1) is 13.0. The second kappa shape index (κ2) is 4.40. The Balaban J connectivity index is 1.72. The van der Waals surface area contributed by atoms with Crippen LogP contribution in [-0.2, 0) is 11.8 Å². The number of nitrogens with one attached hydrogen (secondary N) is 1. The fourth-order valence-electron chi connectivity index (χ4n) is 3.22. The molecular formula is C15H14N4O3. The molecule has 1 aromatic carbocycles. The summed E-state index contributed by atoms with van der Waals surface area (Å²) in [5.41, 5.74) is 0.792. The Kier molecular flexibility index (Phi) is 2.60. The third-order valence-corrected chi connectivity index (χ3v) is 4.38. The van der Waals surface area contributed by atoms with Crippen molar-refractivity contribution in [3.63, 3.8) is 0 Å². The van der Waals surface area contributed by atoms with Crippen molar-refractivity contribution in [2.45, 2.75) is 18.5 Å². The van der Waals surface area contributed by atoms with Crippen molar-refractivity contribution >= 4 is 22.7 Å². The first-order chi connectivity index (χ1) is 10.5. The van der Waals surface area contributed by atoms with E-state index in [1.165, 1.54) is 10.9 Å². The number of aryl methyl sites for hydroxylation is 1. The van der Waals surface area contributed by atoms with Crippen LogP contribution in [0, 0.1) is 0 Å². The standard InChI is InChI=1S/C15H14N4O3/c1-18-7-16-11-4-8(2-3-10(11)15(18)22)14(21)19-6-9-5-12(19)13(20)17-9/h2-4,7,9,12H,5-6H2,1H3,(H,17,20)/t9-,12-/m0/s1. The molecule has 1 aromatic heterocycles. The molecule has 2 fully saturated rings. The monoisotopic (exact) mass is 298 g/mol. The van der Waals surface area contributed by atoms with Crippen molar-refractivity contribution in [2.24, 2.45) is 7.05 Å². The Morgan fingerprint density at radius 2 is 2.18 bits per heavy atom. The summed E-state index contributed by atoms with van der Waals surface area (Å²) in [6.07, 6.45) is 2.11. The van der Waals surface area contributed by atoms with Gasteiger partial charge in [0.05, 0.1) is 17.2 Å². The highest BCUT2D eigenvalue weighted by Crippen LogP contribution is 2.26. The summed E-state index contributed by atoms with van der Waals surface area (Å²) in [7, 11) is 1.63. The van der Waals surface area contributed by atoms with Crippen LogP contribution in [0.4, 0.5) is 0 Å². The summed E-state index contributed by atoms with van der Waals surface area (Å²) in [6, 6.07) is 4.55. The summed E-state index contributed by atoms with van der Waals surface area (Å²) >= 11 is 0. The van der Waals surface area contributed by atoms with E-state index in [4.69, 9.17) is 0 Å². The number of amides is 2. The number of carbonyl (C=O) groups is 2. The van der Waals surface area contributed by atoms with E-state index in [0.29, 0.717) is 29.4 Å². The predicted molar refractivity (Wildman–Crippen MR) is 78.4 cm³/mol. The maximum Gasteiger partial charge on any atom is 0.260 e. The Morgan fingerprint density at radius 3 is 2.91 bits per heavy atom. The van der Waals surface area contributed by atoms with Gasteiger partial charge >= 0.3 is 0 Å². The summed E-state index contributed by atoms with van der Waals surface area (Å²) in [6.45, 7) is 0.539. The maximum absolute atomic E-state index is 12.6. The lowest BCUT2D eigenvalue weighted by molar-refractivity contribution is -0.124. The molecule has 2 bridgehead atoms. The lowest BCUT2D eigenvalue weighted by Gasteiger charge is -2.26. The number of hydrogen-bond acceptors (Lipinski definition) is 4. The number of fused-ring (bicyclic) bond motifs is 3. The molecule has 112 valence electrons. The number of carbonyl (C=O) groups excluding carboxylic acids is 2. The van der Waals surface area contributed by atoms with Crippen LogP contribution in [0.25, 0.3) is 10.9 Å². The third kappa shape index (κ3) is 1.75. The van der Waals surface area contributed by atoms with Crippen molar-refractivity contribution in [3.05, 3.63) is 40.4 Å². The maximum atomic E-state index is 12.6. The number of hydrogen-bond donors (Lipinski definition) is 1. The van der Waals surface area contributed by atoms with Crippen LogP contribution in [0.2, 0.25) is 0 Å². The minimum atomic E-state index is -0.371. The van der Waals surface area contributed by atoms with Gasteiger partial charge in [0.2, 0.25) is 5.91 Å². The van der Waals surface area contributed by atoms with Crippen molar-refractivity contribution in [1.82, 2.24) is 19.8 Å². The number of likely N-dealkylation sites (tertiary alicyclic amines) is 1. The molecule has 7 heteroatoms. The van der Waals surface area contributed by atoms with Gasteiger partial charge in [-0.15, -0.1) is 0 Å². The van der Waals surface area contributed by atoms with Gasteiger partial charge in [0.15, 0.2) is 0 Å². The first-order valence-corrected chi connectivity index (χ1v) is 7.11. The van der Waals surface area contributed by atoms with Gasteiger partial charge in [-0.2, -0.15) is 0 Å². The third-order valence-electron chi connectivity index (χ3n) is 4.38. The van der Waals surface area contributed by atoms with E-state index in [-0.39, 0.29) is 29.5 Å². The number of piperazine rings is 1. The lowest BCUT2D eigenvalue weighted by atomic mass is 10.1. The molecule has 2 amide bonds. The molecule has 0 spiro atoms. The zero-order valence-electron chi connectivity index (χ0n) is 11.9. The molecule has 4 rings (SSSR count). The molecule has 3 heterocycles. The molecular weight excluding hydrogens is 284 g/mol. The van der Waals surface area contributed by atoms with Crippen LogP contribution in [0.5, 0.6) is 0 Å². The van der Waals surface area contributed by atoms with Gasteiger partial charge in [-0.3, -0.25) is 14.4 Å². The van der Waals surface area contributed by atoms with Gasteiger partial charge in [0.25, 0.3) is 11.5 Å². The second-order valence-corrected chi connectivity index (χ2v) is 5.81. The van der Waals surface area contributed by atoms with E-state index >= 15 is 0 Å². The smallest absolute Gasteiger partial charge is 0.260 e. The van der Waals surface area contributed by atoms with E-state index in [9.17, 15) is 14.4 Å². The topological polar surface area (TPSA) is 84.3 Å². The Hall–Kier alpha value is -2.70. The predicted octanol–water partition coefficient (Wildman–Crippen LogP) is -0.354. The number of rotatable bonds is 1. The Labute approximate surface area is 125 Å². The van der Waals surface area contributed by atoms with Crippen molar-refractivity contribution in [3.8, 4) is 0 Å². The molecule has 0 saturated carbocycles. The first-order valence-electron chi connectivity index (χ1n) is 7.11. The molecule has 0 unspecified atom stereocenters. The minimum absolute atomic E-state index is 0.0623. The summed E-state index contributed by atoms with van der Waals surface area (Å²) < 4.78 is 1.40. The Morgan fingerprint density at radius 1 is 1.36 bits per heavy atom. The van der Waals surface area contributed by atoms with Gasteiger partial charge < -0.3 is 14.8 Å². The van der Waals surface area contributed by atoms with Gasteiger partial charge in [-0.1, -0.05) is 0 Å². The fraction of sp³-hybridized carbons (Fsp3) is 0.333. The molecule has 22 heavy (non-hydrogen) atoms. The van der Waals surface area contributed by atoms with Gasteiger partial charge in [-0.05, 0) is 24.6 Å². The number of nitrogens with zero attached hydrogens (tertiary/aromatic N) is 3. The van der Waals surface area contributed by atoms with E-state index in [2.05, 4.69) is 10.3 Å². The van der Waals surface area contributed by atoms with E-state index in [1.54, 1.807) is 30.1 Å². The van der Waals surface area contributed by atoms with Crippen LogP contribution in [0.3, 0.4) is 0 Å². The number of aromatic nitrogens is 2. The van der Waals surface area contributed by atoms with E-state index < -0.39 is 0 Å². The number of benzene rings is 1. The quantitative estimate of drug-likeness (QED) is 0.779. The normalized spacial score (nSPS) is 23.1. The highest BCUT2D eigenvalue weighted by Gasteiger charge is 2.46. The van der Waals surface area contributed by atoms with Crippen LogP contribution in [0.1, 0.15) is 16.8 Å². The van der Waals surface area contributed by atoms with Gasteiger partial charge in [0, 0.05) is 25.2 Å². The molecule has 2 aliphatic heterocycles. The molecule has 7 nitrogen and oxygen atoms in total. The van der Waals surface area contributed by atoms with Crippen LogP contribution in [0.15, 0.2) is 29.3 Å². The average Bonchev–Trinajstić information content (AvgIpc) is 3.09. The molecule has 0 aliphatic carbocycles. The zero-order chi connectivity index (χ0) is 15.4. The zero-order valence-corrected chi connectivity index (χ0v) is 11.9. The molecule has 2 aromatic rings. The van der Waals surface area contributed by atoms with Crippen molar-refractivity contribution in [1.29, 1.82) is 0 Å².